The number of nitrogens with zero attached hydrogens (tertiary/aromatic N) is 5. The van der Waals surface area contributed by atoms with Gasteiger partial charge in [-0.1, -0.05) is 30.3 Å². The first-order valence-electron chi connectivity index (χ1n) is 10.9. The average Bonchev–Trinajstić information content (AvgIpc) is 3.18. The average molecular weight is 429 g/mol. The number of likely N-dealkylation sites (tertiary alicyclic amines) is 1. The highest BCUT2D eigenvalue weighted by Crippen LogP contribution is 2.38. The number of imidazole rings is 1. The molecule has 1 aliphatic rings. The predicted octanol–water partition coefficient (Wildman–Crippen LogP) is 4.57. The fourth-order valence-corrected chi connectivity index (χ4v) is 4.48. The van der Waals surface area contributed by atoms with Crippen LogP contribution in [0.2, 0.25) is 0 Å². The zero-order chi connectivity index (χ0) is 21.9. The first-order chi connectivity index (χ1) is 15.7. The lowest BCUT2D eigenvalue weighted by molar-refractivity contribution is 0.181. The summed E-state index contributed by atoms with van der Waals surface area (Å²) in [7, 11) is 0. The molecule has 0 unspecified atom stereocenters. The summed E-state index contributed by atoms with van der Waals surface area (Å²) in [5, 5.41) is 0. The molecule has 2 N–H and O–H groups in total. The Hall–Kier alpha value is -3.58. The van der Waals surface area contributed by atoms with Crippen LogP contribution in [0, 0.1) is 5.82 Å². The van der Waals surface area contributed by atoms with E-state index in [0.717, 1.165) is 49.4 Å². The van der Waals surface area contributed by atoms with Gasteiger partial charge in [-0.3, -0.25) is 4.90 Å². The second-order valence-electron chi connectivity index (χ2n) is 8.13. The Labute approximate surface area is 186 Å². The summed E-state index contributed by atoms with van der Waals surface area (Å²) in [4.78, 5) is 15.7. The van der Waals surface area contributed by atoms with Gasteiger partial charge in [-0.15, -0.1) is 0 Å². The lowest BCUT2D eigenvalue weighted by Crippen LogP contribution is -2.34. The van der Waals surface area contributed by atoms with Gasteiger partial charge in [0, 0.05) is 37.4 Å². The highest BCUT2D eigenvalue weighted by atomic mass is 19.1. The summed E-state index contributed by atoms with van der Waals surface area (Å²) < 4.78 is 15.6. The minimum atomic E-state index is -0.282. The van der Waals surface area contributed by atoms with E-state index < -0.39 is 0 Å². The Balaban J connectivity index is 1.46. The fraction of sp³-hybridized carbons (Fsp3) is 0.240. The Bertz CT molecular complexity index is 1170. The maximum atomic E-state index is 13.5. The van der Waals surface area contributed by atoms with Crippen LogP contribution in [0.3, 0.4) is 0 Å². The molecule has 0 radical (unpaired) electrons. The van der Waals surface area contributed by atoms with Gasteiger partial charge in [0.25, 0.3) is 0 Å². The molecule has 0 amide bonds. The molecule has 5 rings (SSSR count). The lowest BCUT2D eigenvalue weighted by atomic mass is 10.0. The van der Waals surface area contributed by atoms with Crippen molar-refractivity contribution in [3.05, 3.63) is 84.6 Å². The second-order valence-corrected chi connectivity index (χ2v) is 8.13. The molecule has 0 saturated carbocycles. The van der Waals surface area contributed by atoms with E-state index in [2.05, 4.69) is 43.7 Å². The molecule has 2 aromatic heterocycles. The largest absolute Gasteiger partial charge is 0.369 e. The van der Waals surface area contributed by atoms with E-state index in [9.17, 15) is 4.39 Å². The third kappa shape index (κ3) is 4.11. The van der Waals surface area contributed by atoms with Crippen molar-refractivity contribution in [3.8, 4) is 22.6 Å². The number of piperidine rings is 1. The molecule has 3 heterocycles. The van der Waals surface area contributed by atoms with Crippen LogP contribution >= 0.6 is 0 Å². The Morgan fingerprint density at radius 1 is 0.969 bits per heavy atom. The molecule has 1 saturated heterocycles. The number of aromatic nitrogens is 4. The van der Waals surface area contributed by atoms with Crippen molar-refractivity contribution < 1.29 is 4.39 Å². The first kappa shape index (κ1) is 20.3. The van der Waals surface area contributed by atoms with Gasteiger partial charge < -0.3 is 10.3 Å². The number of nitrogens with two attached hydrogens (primary N) is 1. The van der Waals surface area contributed by atoms with E-state index in [1.165, 1.54) is 24.0 Å². The van der Waals surface area contributed by atoms with Crippen LogP contribution in [-0.4, -0.2) is 37.5 Å². The molecule has 0 spiro atoms. The number of halogens is 1. The maximum Gasteiger partial charge on any atom is 0.201 e. The molecule has 6 nitrogen and oxygen atoms in total. The summed E-state index contributed by atoms with van der Waals surface area (Å²) >= 11 is 0. The van der Waals surface area contributed by atoms with Crippen LogP contribution in [0.1, 0.15) is 24.4 Å². The minimum absolute atomic E-state index is 0.216. The molecule has 7 heteroatoms. The normalized spacial score (nSPS) is 15.2. The summed E-state index contributed by atoms with van der Waals surface area (Å²) in [5.41, 5.74) is 10.9. The van der Waals surface area contributed by atoms with E-state index in [0.29, 0.717) is 11.6 Å². The molecule has 0 bridgehead atoms. The smallest absolute Gasteiger partial charge is 0.201 e. The number of rotatable bonds is 5. The summed E-state index contributed by atoms with van der Waals surface area (Å²) in [6, 6.07) is 19.0. The van der Waals surface area contributed by atoms with Crippen LogP contribution in [0.4, 0.5) is 10.3 Å². The number of hydrogen-bond donors (Lipinski definition) is 1. The monoisotopic (exact) mass is 428 g/mol. The van der Waals surface area contributed by atoms with Gasteiger partial charge in [-0.2, -0.15) is 0 Å². The van der Waals surface area contributed by atoms with Gasteiger partial charge in [0.05, 0.1) is 11.4 Å². The van der Waals surface area contributed by atoms with Gasteiger partial charge in [-0.05, 0) is 48.7 Å². The van der Waals surface area contributed by atoms with Crippen molar-refractivity contribution in [3.63, 3.8) is 0 Å². The predicted molar refractivity (Wildman–Crippen MR) is 123 cm³/mol. The quantitative estimate of drug-likeness (QED) is 0.504. The topological polar surface area (TPSA) is 72.9 Å². The van der Waals surface area contributed by atoms with E-state index in [-0.39, 0.29) is 11.9 Å². The van der Waals surface area contributed by atoms with Crippen LogP contribution in [0.15, 0.2) is 73.2 Å². The fourth-order valence-electron chi connectivity index (χ4n) is 4.48. The zero-order valence-corrected chi connectivity index (χ0v) is 17.7. The molecule has 2 aromatic carbocycles. The Morgan fingerprint density at radius 2 is 1.72 bits per heavy atom. The summed E-state index contributed by atoms with van der Waals surface area (Å²) in [6.07, 6.45) is 5.18. The summed E-state index contributed by atoms with van der Waals surface area (Å²) in [5.74, 6) is 0.176. The SMILES string of the molecule is Nc1nc(-c2ccc(F)cc2)c(-c2ccncn2)n1C1CCN(Cc2ccccc2)CC1. The molecular formula is C25H25FN6. The molecule has 1 fully saturated rings. The van der Waals surface area contributed by atoms with Crippen LogP contribution in [-0.2, 0) is 6.54 Å². The van der Waals surface area contributed by atoms with E-state index in [1.807, 2.05) is 12.1 Å². The zero-order valence-electron chi connectivity index (χ0n) is 17.7. The van der Waals surface area contributed by atoms with E-state index in [4.69, 9.17) is 10.7 Å². The number of nitrogen functional groups attached to an aromatic ring is 1. The molecule has 162 valence electrons. The van der Waals surface area contributed by atoms with E-state index >= 15 is 0 Å². The van der Waals surface area contributed by atoms with Crippen LogP contribution in [0.5, 0.6) is 0 Å². The molecule has 32 heavy (non-hydrogen) atoms. The minimum Gasteiger partial charge on any atom is -0.369 e. The van der Waals surface area contributed by atoms with Crippen LogP contribution < -0.4 is 5.73 Å². The first-order valence-corrected chi connectivity index (χ1v) is 10.9. The standard InChI is InChI=1S/C25H25FN6/c26-20-8-6-19(7-9-20)23-24(22-10-13-28-17-29-22)32(25(27)30-23)21-11-14-31(15-12-21)16-18-4-2-1-3-5-18/h1-10,13,17,21H,11-12,14-16H2,(H2,27,30). The molecule has 1 aliphatic heterocycles. The second kappa shape index (κ2) is 8.88. The van der Waals surface area contributed by atoms with Crippen molar-refractivity contribution in [2.24, 2.45) is 0 Å². The lowest BCUT2D eigenvalue weighted by Gasteiger charge is -2.33. The molecular weight excluding hydrogens is 403 g/mol. The van der Waals surface area contributed by atoms with Crippen molar-refractivity contribution in [2.75, 3.05) is 18.8 Å². The molecule has 0 atom stereocenters. The van der Waals surface area contributed by atoms with Gasteiger partial charge in [0.15, 0.2) is 0 Å². The third-order valence-electron chi connectivity index (χ3n) is 6.05. The highest BCUT2D eigenvalue weighted by Gasteiger charge is 2.28. The highest BCUT2D eigenvalue weighted by molar-refractivity contribution is 5.79. The Kier molecular flexibility index (Phi) is 5.64. The van der Waals surface area contributed by atoms with Gasteiger partial charge in [0.2, 0.25) is 5.95 Å². The van der Waals surface area contributed by atoms with Gasteiger partial charge in [-0.25, -0.2) is 19.3 Å². The van der Waals surface area contributed by atoms with E-state index in [1.54, 1.807) is 18.3 Å². The summed E-state index contributed by atoms with van der Waals surface area (Å²) in [6.45, 7) is 2.91. The number of hydrogen-bond acceptors (Lipinski definition) is 5. The third-order valence-corrected chi connectivity index (χ3v) is 6.05. The Morgan fingerprint density at radius 3 is 2.41 bits per heavy atom. The number of anilines is 1. The van der Waals surface area contributed by atoms with Crippen molar-refractivity contribution in [2.45, 2.75) is 25.4 Å². The molecule has 0 aliphatic carbocycles. The van der Waals surface area contributed by atoms with Crippen LogP contribution in [0.25, 0.3) is 22.6 Å². The maximum absolute atomic E-state index is 13.5. The van der Waals surface area contributed by atoms with Crippen molar-refractivity contribution in [1.29, 1.82) is 0 Å². The number of benzene rings is 2. The van der Waals surface area contributed by atoms with Gasteiger partial charge in [0.1, 0.15) is 17.8 Å². The van der Waals surface area contributed by atoms with Crippen molar-refractivity contribution in [1.82, 2.24) is 24.4 Å². The molecule has 4 aromatic rings. The van der Waals surface area contributed by atoms with Crippen molar-refractivity contribution >= 4 is 5.95 Å². The van der Waals surface area contributed by atoms with Gasteiger partial charge >= 0.3 is 0 Å².